The molecule has 2 nitrogen and oxygen atoms in total. The van der Waals surface area contributed by atoms with Crippen molar-refractivity contribution in [3.63, 3.8) is 0 Å². The van der Waals surface area contributed by atoms with E-state index in [-0.39, 0.29) is 0 Å². The topological polar surface area (TPSA) is 15.3 Å². The molecule has 0 spiro atoms. The molecule has 0 saturated carbocycles. The smallest absolute Gasteiger partial charge is 0.163 e. The zero-order chi connectivity index (χ0) is 14.7. The fourth-order valence-corrected chi connectivity index (χ4v) is 2.81. The van der Waals surface area contributed by atoms with Crippen molar-refractivity contribution in [2.45, 2.75) is 45.8 Å². The Morgan fingerprint density at radius 2 is 2.10 bits per heavy atom. The molecule has 1 saturated heterocycles. The summed E-state index contributed by atoms with van der Waals surface area (Å²) in [6, 6.07) is 5.22. The number of benzene rings is 1. The molecule has 1 fully saturated rings. The predicted molar refractivity (Wildman–Crippen MR) is 77.5 cm³/mol. The largest absolute Gasteiger partial charge is 0.311 e. The van der Waals surface area contributed by atoms with Crippen LogP contribution < -0.4 is 5.32 Å². The van der Waals surface area contributed by atoms with E-state index >= 15 is 0 Å². The van der Waals surface area contributed by atoms with Crippen LogP contribution in [0.15, 0.2) is 18.2 Å². The van der Waals surface area contributed by atoms with Gasteiger partial charge in [0.2, 0.25) is 0 Å². The van der Waals surface area contributed by atoms with E-state index in [0.717, 1.165) is 19.5 Å². The maximum absolute atomic E-state index is 13.8. The first-order valence-electron chi connectivity index (χ1n) is 7.43. The molecule has 1 N–H and O–H groups in total. The van der Waals surface area contributed by atoms with Crippen molar-refractivity contribution in [3.8, 4) is 0 Å². The molecule has 112 valence electrons. The molecule has 2 unspecified atom stereocenters. The molecule has 1 aromatic rings. The third-order valence-corrected chi connectivity index (χ3v) is 4.24. The minimum Gasteiger partial charge on any atom is -0.311 e. The van der Waals surface area contributed by atoms with Crippen LogP contribution in [0.5, 0.6) is 0 Å². The Kier molecular flexibility index (Phi) is 5.11. The Balaban J connectivity index is 2.13. The van der Waals surface area contributed by atoms with Gasteiger partial charge in [0.1, 0.15) is 0 Å². The van der Waals surface area contributed by atoms with Crippen molar-refractivity contribution in [2.24, 2.45) is 5.92 Å². The Labute approximate surface area is 120 Å². The molecule has 2 rings (SSSR count). The SMILES string of the molecule is CCC1CNC(C(C)C)CN1Cc1cccc(F)c1F. The van der Waals surface area contributed by atoms with Gasteiger partial charge in [-0.25, -0.2) is 8.78 Å². The van der Waals surface area contributed by atoms with Crippen LogP contribution in [0, 0.1) is 17.6 Å². The normalized spacial score (nSPS) is 24.3. The summed E-state index contributed by atoms with van der Waals surface area (Å²) >= 11 is 0. The van der Waals surface area contributed by atoms with Crippen LogP contribution in [-0.4, -0.2) is 30.1 Å². The Hall–Kier alpha value is -1.00. The second kappa shape index (κ2) is 6.64. The molecule has 1 heterocycles. The number of hydrogen-bond acceptors (Lipinski definition) is 2. The highest BCUT2D eigenvalue weighted by atomic mass is 19.2. The van der Waals surface area contributed by atoms with Crippen LogP contribution >= 0.6 is 0 Å². The molecule has 2 atom stereocenters. The van der Waals surface area contributed by atoms with Gasteiger partial charge in [-0.1, -0.05) is 32.9 Å². The molecule has 20 heavy (non-hydrogen) atoms. The quantitative estimate of drug-likeness (QED) is 0.912. The van der Waals surface area contributed by atoms with Gasteiger partial charge in [0.05, 0.1) is 0 Å². The summed E-state index contributed by atoms with van der Waals surface area (Å²) in [6.07, 6.45) is 1.01. The Morgan fingerprint density at radius 3 is 2.75 bits per heavy atom. The van der Waals surface area contributed by atoms with Crippen molar-refractivity contribution in [2.75, 3.05) is 13.1 Å². The molecular weight excluding hydrogens is 258 g/mol. The zero-order valence-electron chi connectivity index (χ0n) is 12.5. The van der Waals surface area contributed by atoms with Crippen molar-refractivity contribution >= 4 is 0 Å². The van der Waals surface area contributed by atoms with Crippen molar-refractivity contribution in [1.29, 1.82) is 0 Å². The lowest BCUT2D eigenvalue weighted by atomic mass is 9.98. The first-order valence-corrected chi connectivity index (χ1v) is 7.43. The summed E-state index contributed by atoms with van der Waals surface area (Å²) in [6.45, 7) is 8.78. The van der Waals surface area contributed by atoms with Gasteiger partial charge in [0.15, 0.2) is 11.6 Å². The minimum atomic E-state index is -0.758. The standard InChI is InChI=1S/C16H24F2N2/c1-4-13-8-19-15(11(2)3)10-20(13)9-12-6-5-7-14(17)16(12)18/h5-7,11,13,15,19H,4,8-10H2,1-3H3. The van der Waals surface area contributed by atoms with Crippen molar-refractivity contribution in [3.05, 3.63) is 35.4 Å². The first kappa shape index (κ1) is 15.4. The zero-order valence-corrected chi connectivity index (χ0v) is 12.5. The molecule has 0 amide bonds. The lowest BCUT2D eigenvalue weighted by molar-refractivity contribution is 0.102. The van der Waals surface area contributed by atoms with E-state index in [9.17, 15) is 8.78 Å². The molecule has 1 aliphatic rings. The highest BCUT2D eigenvalue weighted by molar-refractivity contribution is 5.19. The van der Waals surface area contributed by atoms with E-state index in [0.29, 0.717) is 30.1 Å². The molecule has 0 bridgehead atoms. The van der Waals surface area contributed by atoms with Gasteiger partial charge >= 0.3 is 0 Å². The van der Waals surface area contributed by atoms with Crippen molar-refractivity contribution in [1.82, 2.24) is 10.2 Å². The molecular formula is C16H24F2N2. The Morgan fingerprint density at radius 1 is 1.35 bits per heavy atom. The van der Waals surface area contributed by atoms with Gasteiger partial charge in [-0.15, -0.1) is 0 Å². The summed E-state index contributed by atoms with van der Waals surface area (Å²) < 4.78 is 27.1. The summed E-state index contributed by atoms with van der Waals surface area (Å²) in [4.78, 5) is 2.28. The van der Waals surface area contributed by atoms with Gasteiger partial charge < -0.3 is 5.32 Å². The molecule has 1 aromatic carbocycles. The number of piperazine rings is 1. The van der Waals surface area contributed by atoms with E-state index in [1.54, 1.807) is 12.1 Å². The number of nitrogens with one attached hydrogen (secondary N) is 1. The number of nitrogens with zero attached hydrogens (tertiary/aromatic N) is 1. The lowest BCUT2D eigenvalue weighted by Crippen LogP contribution is -2.57. The van der Waals surface area contributed by atoms with Crippen LogP contribution in [0.2, 0.25) is 0 Å². The third kappa shape index (κ3) is 3.36. The second-order valence-corrected chi connectivity index (χ2v) is 5.96. The maximum Gasteiger partial charge on any atom is 0.163 e. The van der Waals surface area contributed by atoms with Gasteiger partial charge in [0, 0.05) is 37.3 Å². The summed E-state index contributed by atoms with van der Waals surface area (Å²) in [5.41, 5.74) is 0.452. The fraction of sp³-hybridized carbons (Fsp3) is 0.625. The molecule has 1 aliphatic heterocycles. The van der Waals surface area contributed by atoms with Crippen LogP contribution in [0.1, 0.15) is 32.8 Å². The van der Waals surface area contributed by atoms with E-state index < -0.39 is 11.6 Å². The summed E-state index contributed by atoms with van der Waals surface area (Å²) in [7, 11) is 0. The van der Waals surface area contributed by atoms with Gasteiger partial charge in [-0.05, 0) is 18.4 Å². The molecule has 4 heteroatoms. The maximum atomic E-state index is 13.8. The third-order valence-electron chi connectivity index (χ3n) is 4.24. The van der Waals surface area contributed by atoms with Crippen LogP contribution in [-0.2, 0) is 6.54 Å². The number of rotatable bonds is 4. The fourth-order valence-electron chi connectivity index (χ4n) is 2.81. The number of halogens is 2. The van der Waals surface area contributed by atoms with Crippen molar-refractivity contribution < 1.29 is 8.78 Å². The van der Waals surface area contributed by atoms with E-state index in [1.807, 2.05) is 0 Å². The van der Waals surface area contributed by atoms with Crippen LogP contribution in [0.4, 0.5) is 8.78 Å². The van der Waals surface area contributed by atoms with Crippen LogP contribution in [0.25, 0.3) is 0 Å². The Bertz CT molecular complexity index is 448. The van der Waals surface area contributed by atoms with Gasteiger partial charge in [-0.2, -0.15) is 0 Å². The summed E-state index contributed by atoms with van der Waals surface area (Å²) in [5, 5.41) is 3.55. The lowest BCUT2D eigenvalue weighted by Gasteiger charge is -2.41. The van der Waals surface area contributed by atoms with E-state index in [2.05, 4.69) is 31.0 Å². The first-order chi connectivity index (χ1) is 9.52. The molecule has 0 aliphatic carbocycles. The van der Waals surface area contributed by atoms with E-state index in [4.69, 9.17) is 0 Å². The predicted octanol–water partition coefficient (Wildman–Crippen LogP) is 3.17. The van der Waals surface area contributed by atoms with E-state index in [1.165, 1.54) is 6.07 Å². The van der Waals surface area contributed by atoms with Gasteiger partial charge in [0.25, 0.3) is 0 Å². The highest BCUT2D eigenvalue weighted by Gasteiger charge is 2.28. The summed E-state index contributed by atoms with van der Waals surface area (Å²) in [5.74, 6) is -0.930. The monoisotopic (exact) mass is 282 g/mol. The average Bonchev–Trinajstić information content (AvgIpc) is 2.43. The highest BCUT2D eigenvalue weighted by Crippen LogP contribution is 2.20. The minimum absolute atomic E-state index is 0.382. The second-order valence-electron chi connectivity index (χ2n) is 5.96. The van der Waals surface area contributed by atoms with Crippen LogP contribution in [0.3, 0.4) is 0 Å². The van der Waals surface area contributed by atoms with Gasteiger partial charge in [-0.3, -0.25) is 4.90 Å². The molecule has 0 radical (unpaired) electrons. The average molecular weight is 282 g/mol. The number of hydrogen-bond donors (Lipinski definition) is 1. The molecule has 0 aromatic heterocycles.